The predicted molar refractivity (Wildman–Crippen MR) is 118 cm³/mol. The van der Waals surface area contributed by atoms with Crippen LogP contribution in [0.1, 0.15) is 48.1 Å². The maximum atomic E-state index is 10.7. The van der Waals surface area contributed by atoms with E-state index in [1.807, 2.05) is 30.1 Å². The van der Waals surface area contributed by atoms with Crippen molar-refractivity contribution in [3.8, 4) is 5.75 Å². The molecule has 1 N–H and O–H groups in total. The molecule has 6 heteroatoms. The van der Waals surface area contributed by atoms with E-state index in [0.717, 1.165) is 42.1 Å². The Bertz CT molecular complexity index is 870. The zero-order chi connectivity index (χ0) is 21.5. The van der Waals surface area contributed by atoms with E-state index >= 15 is 0 Å². The smallest absolute Gasteiger partial charge is 0.304 e. The van der Waals surface area contributed by atoms with Crippen LogP contribution in [-0.4, -0.2) is 42.7 Å². The molecule has 2 aromatic carbocycles. The zero-order valence-electron chi connectivity index (χ0n) is 17.7. The maximum Gasteiger partial charge on any atom is 0.304 e. The second-order valence-electron chi connectivity index (χ2n) is 7.73. The Morgan fingerprint density at radius 3 is 2.87 bits per heavy atom. The SMILES string of the molecule is CCc1cccc(Cl)c1COc1ccc2c(c1)CC[C@@H]2OCCN(C)CCC(=O)O. The van der Waals surface area contributed by atoms with Crippen molar-refractivity contribution in [3.05, 3.63) is 63.7 Å². The third kappa shape index (κ3) is 5.97. The summed E-state index contributed by atoms with van der Waals surface area (Å²) in [5.41, 5.74) is 4.76. The number of fused-ring (bicyclic) bond motifs is 1. The van der Waals surface area contributed by atoms with E-state index in [4.69, 9.17) is 26.2 Å². The van der Waals surface area contributed by atoms with Crippen molar-refractivity contribution in [2.24, 2.45) is 0 Å². The van der Waals surface area contributed by atoms with Gasteiger partial charge in [0.05, 0.1) is 19.1 Å². The lowest BCUT2D eigenvalue weighted by Crippen LogP contribution is -2.26. The van der Waals surface area contributed by atoms with Gasteiger partial charge in [0, 0.05) is 23.7 Å². The van der Waals surface area contributed by atoms with Gasteiger partial charge in [-0.05, 0) is 61.2 Å². The van der Waals surface area contributed by atoms with Crippen LogP contribution >= 0.6 is 11.6 Å². The van der Waals surface area contributed by atoms with Crippen LogP contribution in [0.2, 0.25) is 5.02 Å². The monoisotopic (exact) mass is 431 g/mol. The maximum absolute atomic E-state index is 10.7. The van der Waals surface area contributed by atoms with Gasteiger partial charge in [-0.25, -0.2) is 0 Å². The molecule has 0 amide bonds. The van der Waals surface area contributed by atoms with Crippen molar-refractivity contribution in [3.63, 3.8) is 0 Å². The fourth-order valence-electron chi connectivity index (χ4n) is 3.82. The molecule has 0 unspecified atom stereocenters. The van der Waals surface area contributed by atoms with Gasteiger partial charge >= 0.3 is 5.97 Å². The Labute approximate surface area is 183 Å². The molecule has 0 saturated carbocycles. The molecule has 30 heavy (non-hydrogen) atoms. The van der Waals surface area contributed by atoms with Crippen LogP contribution in [-0.2, 0) is 29.0 Å². The minimum atomic E-state index is -0.772. The van der Waals surface area contributed by atoms with Crippen molar-refractivity contribution in [1.29, 1.82) is 0 Å². The Morgan fingerprint density at radius 1 is 1.27 bits per heavy atom. The zero-order valence-corrected chi connectivity index (χ0v) is 18.5. The molecule has 3 rings (SSSR count). The lowest BCUT2D eigenvalue weighted by Gasteiger charge is -2.18. The number of likely N-dealkylation sites (N-methyl/N-ethyl adjacent to an activating group) is 1. The molecule has 0 aromatic heterocycles. The molecule has 0 spiro atoms. The number of carbonyl (C=O) groups is 1. The highest BCUT2D eigenvalue weighted by molar-refractivity contribution is 6.31. The van der Waals surface area contributed by atoms with Gasteiger partial charge in [0.2, 0.25) is 0 Å². The highest BCUT2D eigenvalue weighted by atomic mass is 35.5. The first-order valence-corrected chi connectivity index (χ1v) is 10.9. The highest BCUT2D eigenvalue weighted by Crippen LogP contribution is 2.36. The minimum Gasteiger partial charge on any atom is -0.489 e. The van der Waals surface area contributed by atoms with E-state index in [2.05, 4.69) is 25.1 Å². The Morgan fingerprint density at radius 2 is 2.10 bits per heavy atom. The third-order valence-corrected chi connectivity index (χ3v) is 5.97. The number of carboxylic acid groups (broad SMARTS) is 1. The van der Waals surface area contributed by atoms with Gasteiger partial charge in [-0.2, -0.15) is 0 Å². The predicted octanol–water partition coefficient (Wildman–Crippen LogP) is 4.89. The van der Waals surface area contributed by atoms with Crippen molar-refractivity contribution in [2.75, 3.05) is 26.7 Å². The van der Waals surface area contributed by atoms with Gasteiger partial charge in [0.15, 0.2) is 0 Å². The molecule has 0 fully saturated rings. The van der Waals surface area contributed by atoms with E-state index in [1.54, 1.807) is 0 Å². The number of aryl methyl sites for hydroxylation is 2. The first kappa shape index (κ1) is 22.6. The van der Waals surface area contributed by atoms with Crippen LogP contribution in [0.4, 0.5) is 0 Å². The number of ether oxygens (including phenoxy) is 2. The molecule has 0 heterocycles. The number of nitrogens with zero attached hydrogens (tertiary/aromatic N) is 1. The quantitative estimate of drug-likeness (QED) is 0.548. The molecule has 1 atom stereocenters. The standard InChI is InChI=1S/C24H30ClNO4/c1-3-17-5-4-6-22(25)21(17)16-30-19-8-9-20-18(15-19)7-10-23(20)29-14-13-26(2)12-11-24(27)28/h4-6,8-9,15,23H,3,7,10-14,16H2,1-2H3,(H,27,28)/t23-/m0/s1. The first-order chi connectivity index (χ1) is 14.5. The van der Waals surface area contributed by atoms with E-state index in [0.29, 0.717) is 19.8 Å². The average molecular weight is 432 g/mol. The summed E-state index contributed by atoms with van der Waals surface area (Å²) in [6.45, 7) is 4.42. The van der Waals surface area contributed by atoms with Crippen LogP contribution in [0.5, 0.6) is 5.75 Å². The summed E-state index contributed by atoms with van der Waals surface area (Å²) in [4.78, 5) is 12.6. The van der Waals surface area contributed by atoms with E-state index in [-0.39, 0.29) is 12.5 Å². The second kappa shape index (κ2) is 10.8. The van der Waals surface area contributed by atoms with Crippen molar-refractivity contribution < 1.29 is 19.4 Å². The Kier molecular flexibility index (Phi) is 8.14. The minimum absolute atomic E-state index is 0.0946. The number of benzene rings is 2. The molecule has 1 aliphatic rings. The molecule has 5 nitrogen and oxygen atoms in total. The average Bonchev–Trinajstić information content (AvgIpc) is 3.13. The number of rotatable bonds is 11. The fraction of sp³-hybridized carbons (Fsp3) is 0.458. The largest absolute Gasteiger partial charge is 0.489 e. The summed E-state index contributed by atoms with van der Waals surface area (Å²) in [6, 6.07) is 12.2. The summed E-state index contributed by atoms with van der Waals surface area (Å²) < 4.78 is 12.1. The van der Waals surface area contributed by atoms with E-state index < -0.39 is 5.97 Å². The Balaban J connectivity index is 1.53. The van der Waals surface area contributed by atoms with E-state index in [1.165, 1.54) is 16.7 Å². The molecule has 0 bridgehead atoms. The van der Waals surface area contributed by atoms with Crippen molar-refractivity contribution >= 4 is 17.6 Å². The van der Waals surface area contributed by atoms with Crippen LogP contribution in [0, 0.1) is 0 Å². The summed E-state index contributed by atoms with van der Waals surface area (Å²) >= 11 is 6.36. The van der Waals surface area contributed by atoms with Gasteiger partial charge in [-0.3, -0.25) is 4.79 Å². The summed E-state index contributed by atoms with van der Waals surface area (Å²) in [7, 11) is 1.92. The molecular formula is C24H30ClNO4. The normalized spacial score (nSPS) is 15.4. The van der Waals surface area contributed by atoms with Crippen LogP contribution < -0.4 is 4.74 Å². The molecule has 0 radical (unpaired) electrons. The first-order valence-electron chi connectivity index (χ1n) is 10.5. The van der Waals surface area contributed by atoms with E-state index in [9.17, 15) is 4.79 Å². The van der Waals surface area contributed by atoms with Crippen molar-refractivity contribution in [2.45, 2.75) is 45.3 Å². The molecule has 0 saturated heterocycles. The summed E-state index contributed by atoms with van der Waals surface area (Å²) in [5, 5.41) is 9.51. The van der Waals surface area contributed by atoms with Crippen LogP contribution in [0.3, 0.4) is 0 Å². The molecule has 0 aliphatic heterocycles. The third-order valence-electron chi connectivity index (χ3n) is 5.62. The van der Waals surface area contributed by atoms with Gasteiger partial charge < -0.3 is 19.5 Å². The summed E-state index contributed by atoms with van der Waals surface area (Å²) in [6.07, 6.45) is 3.10. The van der Waals surface area contributed by atoms with Gasteiger partial charge in [-0.1, -0.05) is 36.7 Å². The summed E-state index contributed by atoms with van der Waals surface area (Å²) in [5.74, 6) is 0.0794. The fourth-order valence-corrected chi connectivity index (χ4v) is 4.07. The van der Waals surface area contributed by atoms with Gasteiger partial charge in [-0.15, -0.1) is 0 Å². The lowest BCUT2D eigenvalue weighted by atomic mass is 10.1. The Hall–Kier alpha value is -2.08. The molecule has 1 aliphatic carbocycles. The van der Waals surface area contributed by atoms with Crippen LogP contribution in [0.15, 0.2) is 36.4 Å². The molecular weight excluding hydrogens is 402 g/mol. The second-order valence-corrected chi connectivity index (χ2v) is 8.13. The van der Waals surface area contributed by atoms with Crippen LogP contribution in [0.25, 0.3) is 0 Å². The number of carboxylic acids is 1. The van der Waals surface area contributed by atoms with Gasteiger partial charge in [0.25, 0.3) is 0 Å². The number of aliphatic carboxylic acids is 1. The van der Waals surface area contributed by atoms with Crippen molar-refractivity contribution in [1.82, 2.24) is 4.90 Å². The lowest BCUT2D eigenvalue weighted by molar-refractivity contribution is -0.137. The topological polar surface area (TPSA) is 59.0 Å². The number of halogens is 1. The molecule has 2 aromatic rings. The molecule has 162 valence electrons. The number of hydrogen-bond donors (Lipinski definition) is 1. The van der Waals surface area contributed by atoms with Gasteiger partial charge in [0.1, 0.15) is 12.4 Å². The highest BCUT2D eigenvalue weighted by Gasteiger charge is 2.23. The number of hydrogen-bond acceptors (Lipinski definition) is 4.